The summed E-state index contributed by atoms with van der Waals surface area (Å²) in [5.41, 5.74) is 2.44. The van der Waals surface area contributed by atoms with Crippen LogP contribution in [0.15, 0.2) is 54.6 Å². The van der Waals surface area contributed by atoms with Crippen molar-refractivity contribution in [3.63, 3.8) is 0 Å². The molecule has 0 aromatic heterocycles. The molecular formula is C17H18ClNO. The minimum Gasteiger partial charge on any atom is -0.394 e. The van der Waals surface area contributed by atoms with E-state index in [1.54, 1.807) is 0 Å². The summed E-state index contributed by atoms with van der Waals surface area (Å²) in [6.07, 6.45) is 1.07. The number of rotatable bonds is 3. The van der Waals surface area contributed by atoms with E-state index in [9.17, 15) is 5.11 Å². The monoisotopic (exact) mass is 287 g/mol. The SMILES string of the molecule is OC[C@H]1[C@H](c2ccccc2)CCN1c1ccc(Cl)cc1. The summed E-state index contributed by atoms with van der Waals surface area (Å²) in [4.78, 5) is 2.29. The Hall–Kier alpha value is -1.51. The van der Waals surface area contributed by atoms with Gasteiger partial charge in [-0.3, -0.25) is 0 Å². The molecule has 0 unspecified atom stereocenters. The van der Waals surface area contributed by atoms with Gasteiger partial charge in [-0.05, 0) is 36.2 Å². The Bertz CT molecular complexity index is 555. The number of anilines is 1. The highest BCUT2D eigenvalue weighted by Crippen LogP contribution is 2.36. The van der Waals surface area contributed by atoms with Gasteiger partial charge >= 0.3 is 0 Å². The minimum absolute atomic E-state index is 0.138. The number of halogens is 1. The second kappa shape index (κ2) is 5.86. The van der Waals surface area contributed by atoms with E-state index in [2.05, 4.69) is 29.2 Å². The summed E-state index contributed by atoms with van der Waals surface area (Å²) in [7, 11) is 0. The van der Waals surface area contributed by atoms with Crippen LogP contribution in [0, 0.1) is 0 Å². The molecule has 1 aliphatic heterocycles. The van der Waals surface area contributed by atoms with Crippen LogP contribution in [0.2, 0.25) is 5.02 Å². The Balaban J connectivity index is 1.86. The summed E-state index contributed by atoms with van der Waals surface area (Å²) in [5, 5.41) is 10.6. The van der Waals surface area contributed by atoms with Gasteiger partial charge in [0.15, 0.2) is 0 Å². The molecule has 2 aromatic carbocycles. The highest BCUT2D eigenvalue weighted by molar-refractivity contribution is 6.30. The van der Waals surface area contributed by atoms with Crippen molar-refractivity contribution in [2.75, 3.05) is 18.1 Å². The smallest absolute Gasteiger partial charge is 0.0641 e. The summed E-state index contributed by atoms with van der Waals surface area (Å²) in [6, 6.07) is 18.5. The van der Waals surface area contributed by atoms with Crippen LogP contribution in [0.3, 0.4) is 0 Å². The molecule has 1 N–H and O–H groups in total. The van der Waals surface area contributed by atoms with Crippen molar-refractivity contribution >= 4 is 17.3 Å². The molecule has 20 heavy (non-hydrogen) atoms. The van der Waals surface area contributed by atoms with Crippen LogP contribution in [0.1, 0.15) is 17.9 Å². The summed E-state index contributed by atoms with van der Waals surface area (Å²) < 4.78 is 0. The average molecular weight is 288 g/mol. The molecule has 2 nitrogen and oxygen atoms in total. The topological polar surface area (TPSA) is 23.5 Å². The maximum Gasteiger partial charge on any atom is 0.0641 e. The molecule has 2 atom stereocenters. The molecule has 1 fully saturated rings. The lowest BCUT2D eigenvalue weighted by Crippen LogP contribution is -2.35. The lowest BCUT2D eigenvalue weighted by atomic mass is 9.92. The molecule has 0 saturated carbocycles. The average Bonchev–Trinajstić information content (AvgIpc) is 2.93. The third kappa shape index (κ3) is 2.54. The number of aliphatic hydroxyl groups is 1. The molecule has 1 aliphatic rings. The summed E-state index contributed by atoms with van der Waals surface area (Å²) >= 11 is 5.95. The molecule has 0 amide bonds. The van der Waals surface area contributed by atoms with Gasteiger partial charge in [0.05, 0.1) is 12.6 Å². The van der Waals surface area contributed by atoms with Crippen molar-refractivity contribution < 1.29 is 5.11 Å². The van der Waals surface area contributed by atoms with Gasteiger partial charge in [0.25, 0.3) is 0 Å². The van der Waals surface area contributed by atoms with E-state index in [-0.39, 0.29) is 12.6 Å². The Morgan fingerprint density at radius 1 is 1.05 bits per heavy atom. The van der Waals surface area contributed by atoms with Crippen LogP contribution >= 0.6 is 11.6 Å². The lowest BCUT2D eigenvalue weighted by molar-refractivity contribution is 0.257. The molecule has 3 heteroatoms. The fourth-order valence-electron chi connectivity index (χ4n) is 3.12. The van der Waals surface area contributed by atoms with E-state index >= 15 is 0 Å². The Morgan fingerprint density at radius 3 is 2.40 bits per heavy atom. The summed E-state index contributed by atoms with van der Waals surface area (Å²) in [6.45, 7) is 1.13. The van der Waals surface area contributed by atoms with Gasteiger partial charge in [-0.1, -0.05) is 41.9 Å². The van der Waals surface area contributed by atoms with Gasteiger partial charge in [0, 0.05) is 23.2 Å². The maximum absolute atomic E-state index is 9.82. The Kier molecular flexibility index (Phi) is 3.95. The van der Waals surface area contributed by atoms with Crippen molar-refractivity contribution in [3.05, 3.63) is 65.2 Å². The third-order valence-electron chi connectivity index (χ3n) is 4.12. The van der Waals surface area contributed by atoms with E-state index < -0.39 is 0 Å². The van der Waals surface area contributed by atoms with Crippen molar-refractivity contribution in [1.82, 2.24) is 0 Å². The molecule has 3 rings (SSSR count). The fourth-order valence-corrected chi connectivity index (χ4v) is 3.25. The van der Waals surface area contributed by atoms with Crippen LogP contribution in [0.25, 0.3) is 0 Å². The van der Waals surface area contributed by atoms with Gasteiger partial charge < -0.3 is 10.0 Å². The molecule has 1 saturated heterocycles. The molecule has 0 radical (unpaired) electrons. The molecule has 0 spiro atoms. The Labute approximate surface area is 124 Å². The zero-order valence-corrected chi connectivity index (χ0v) is 12.0. The van der Waals surface area contributed by atoms with E-state index in [4.69, 9.17) is 11.6 Å². The first-order valence-electron chi connectivity index (χ1n) is 6.97. The second-order valence-electron chi connectivity index (χ2n) is 5.23. The van der Waals surface area contributed by atoms with Crippen molar-refractivity contribution in [2.45, 2.75) is 18.4 Å². The van der Waals surface area contributed by atoms with E-state index in [1.165, 1.54) is 5.56 Å². The lowest BCUT2D eigenvalue weighted by Gasteiger charge is -2.28. The van der Waals surface area contributed by atoms with Gasteiger partial charge in [-0.2, -0.15) is 0 Å². The normalized spacial score (nSPS) is 22.2. The van der Waals surface area contributed by atoms with Gasteiger partial charge in [-0.15, -0.1) is 0 Å². The first kappa shape index (κ1) is 13.5. The zero-order valence-electron chi connectivity index (χ0n) is 11.2. The second-order valence-corrected chi connectivity index (χ2v) is 5.66. The maximum atomic E-state index is 9.82. The van der Waals surface area contributed by atoms with E-state index in [1.807, 2.05) is 30.3 Å². The van der Waals surface area contributed by atoms with E-state index in [0.29, 0.717) is 5.92 Å². The minimum atomic E-state index is 0.138. The number of hydrogen-bond donors (Lipinski definition) is 1. The molecule has 0 bridgehead atoms. The first-order valence-corrected chi connectivity index (χ1v) is 7.35. The number of nitrogens with zero attached hydrogens (tertiary/aromatic N) is 1. The molecule has 104 valence electrons. The van der Waals surface area contributed by atoms with Gasteiger partial charge in [0.2, 0.25) is 0 Å². The molecule has 2 aromatic rings. The van der Waals surface area contributed by atoms with Gasteiger partial charge in [-0.25, -0.2) is 0 Å². The summed E-state index contributed by atoms with van der Waals surface area (Å²) in [5.74, 6) is 0.386. The van der Waals surface area contributed by atoms with Crippen molar-refractivity contribution in [1.29, 1.82) is 0 Å². The fraction of sp³-hybridized carbons (Fsp3) is 0.294. The predicted octanol–water partition coefficient (Wildman–Crippen LogP) is 3.69. The van der Waals surface area contributed by atoms with Gasteiger partial charge in [0.1, 0.15) is 0 Å². The largest absolute Gasteiger partial charge is 0.394 e. The molecule has 1 heterocycles. The zero-order chi connectivity index (χ0) is 13.9. The number of aliphatic hydroxyl groups excluding tert-OH is 1. The van der Waals surface area contributed by atoms with Crippen molar-refractivity contribution in [3.8, 4) is 0 Å². The Morgan fingerprint density at radius 2 is 1.75 bits per heavy atom. The van der Waals surface area contributed by atoms with Crippen molar-refractivity contribution in [2.24, 2.45) is 0 Å². The van der Waals surface area contributed by atoms with Crippen LogP contribution in [0.4, 0.5) is 5.69 Å². The molecular weight excluding hydrogens is 270 g/mol. The number of hydrogen-bond acceptors (Lipinski definition) is 2. The standard InChI is InChI=1S/C17H18ClNO/c18-14-6-8-15(9-7-14)19-11-10-16(17(19)12-20)13-4-2-1-3-5-13/h1-9,16-17,20H,10-12H2/t16-,17-/m0/s1. The van der Waals surface area contributed by atoms with Crippen LogP contribution < -0.4 is 4.90 Å². The van der Waals surface area contributed by atoms with E-state index in [0.717, 1.165) is 23.7 Å². The third-order valence-corrected chi connectivity index (χ3v) is 4.37. The highest BCUT2D eigenvalue weighted by Gasteiger charge is 2.34. The predicted molar refractivity (Wildman–Crippen MR) is 83.5 cm³/mol. The van der Waals surface area contributed by atoms with Crippen LogP contribution in [-0.2, 0) is 0 Å². The van der Waals surface area contributed by atoms with Crippen LogP contribution in [0.5, 0.6) is 0 Å². The first-order chi connectivity index (χ1) is 9.79. The quantitative estimate of drug-likeness (QED) is 0.930. The number of benzene rings is 2. The molecule has 0 aliphatic carbocycles. The highest BCUT2D eigenvalue weighted by atomic mass is 35.5. The van der Waals surface area contributed by atoms with Crippen LogP contribution in [-0.4, -0.2) is 24.3 Å².